The minimum absolute atomic E-state index is 0.187. The Balaban J connectivity index is 1.38. The van der Waals surface area contributed by atoms with Crippen molar-refractivity contribution in [2.75, 3.05) is 23.3 Å². The lowest BCUT2D eigenvalue weighted by molar-refractivity contribution is -0.118. The average molecular weight is 443 g/mol. The molecular formula is C20H18N4O4S2. The lowest BCUT2D eigenvalue weighted by Crippen LogP contribution is -2.25. The number of H-pyrrole nitrogens is 1. The van der Waals surface area contributed by atoms with E-state index in [-0.39, 0.29) is 16.7 Å². The molecule has 2 aromatic heterocycles. The number of nitrogens with zero attached hydrogens (tertiary/aromatic N) is 2. The standard InChI is InChI=1S/C20H18N4O4S2/c1-24(30(26,27)19-6-3-11-29-19)15-7-9-16(10-8-15)28-13-18(25)22-17-5-2-4-14-12-21-23-20(14)17/h2-12H,13H2,1H3,(H,21,23)(H,22,25). The van der Waals surface area contributed by atoms with Gasteiger partial charge in [-0.15, -0.1) is 11.3 Å². The van der Waals surface area contributed by atoms with Gasteiger partial charge in [-0.1, -0.05) is 18.2 Å². The fourth-order valence-electron chi connectivity index (χ4n) is 2.84. The highest BCUT2D eigenvalue weighted by Gasteiger charge is 2.22. The smallest absolute Gasteiger partial charge is 0.273 e. The van der Waals surface area contributed by atoms with Gasteiger partial charge in [-0.05, 0) is 41.8 Å². The number of hydrogen-bond donors (Lipinski definition) is 2. The molecule has 1 amide bonds. The molecule has 4 rings (SSSR count). The number of sulfonamides is 1. The number of thiophene rings is 1. The molecule has 0 saturated carbocycles. The second-order valence-corrected chi connectivity index (χ2v) is 9.52. The van der Waals surface area contributed by atoms with Crippen molar-refractivity contribution < 1.29 is 17.9 Å². The number of carbonyl (C=O) groups is 1. The molecule has 8 nitrogen and oxygen atoms in total. The van der Waals surface area contributed by atoms with Crippen LogP contribution in [0.25, 0.3) is 10.9 Å². The van der Waals surface area contributed by atoms with Crippen LogP contribution >= 0.6 is 11.3 Å². The third-order valence-electron chi connectivity index (χ3n) is 4.43. The fourth-order valence-corrected chi connectivity index (χ4v) is 5.20. The predicted molar refractivity (Wildman–Crippen MR) is 117 cm³/mol. The van der Waals surface area contributed by atoms with Crippen LogP contribution in [0.3, 0.4) is 0 Å². The monoisotopic (exact) mass is 442 g/mol. The Morgan fingerprint density at radius 3 is 2.70 bits per heavy atom. The first-order chi connectivity index (χ1) is 14.4. The summed E-state index contributed by atoms with van der Waals surface area (Å²) in [6, 6.07) is 15.3. The number of fused-ring (bicyclic) bond motifs is 1. The number of anilines is 2. The molecule has 0 aliphatic rings. The summed E-state index contributed by atoms with van der Waals surface area (Å²) in [5.41, 5.74) is 1.85. The molecule has 0 spiro atoms. The quantitative estimate of drug-likeness (QED) is 0.456. The first-order valence-corrected chi connectivity index (χ1v) is 11.2. The van der Waals surface area contributed by atoms with Gasteiger partial charge in [0.2, 0.25) is 0 Å². The number of aromatic amines is 1. The van der Waals surface area contributed by atoms with Gasteiger partial charge in [-0.2, -0.15) is 5.10 Å². The van der Waals surface area contributed by atoms with E-state index in [1.165, 1.54) is 11.4 Å². The van der Waals surface area contributed by atoms with Crippen molar-refractivity contribution in [3.63, 3.8) is 0 Å². The van der Waals surface area contributed by atoms with E-state index >= 15 is 0 Å². The summed E-state index contributed by atoms with van der Waals surface area (Å²) in [6.07, 6.45) is 1.68. The lowest BCUT2D eigenvalue weighted by Gasteiger charge is -2.18. The SMILES string of the molecule is CN(c1ccc(OCC(=O)Nc2cccc3cn[nH]c23)cc1)S(=O)(=O)c1cccs1. The van der Waals surface area contributed by atoms with Crippen LogP contribution in [0.1, 0.15) is 0 Å². The van der Waals surface area contributed by atoms with Crippen molar-refractivity contribution in [2.45, 2.75) is 4.21 Å². The third kappa shape index (κ3) is 4.00. The van der Waals surface area contributed by atoms with Crippen molar-refractivity contribution in [2.24, 2.45) is 0 Å². The zero-order valence-corrected chi connectivity index (χ0v) is 17.5. The molecule has 0 fully saturated rings. The molecule has 10 heteroatoms. The number of ether oxygens (including phenoxy) is 1. The Bertz CT molecular complexity index is 1270. The molecule has 2 heterocycles. The highest BCUT2D eigenvalue weighted by Crippen LogP contribution is 2.26. The largest absolute Gasteiger partial charge is 0.484 e. The summed E-state index contributed by atoms with van der Waals surface area (Å²) in [7, 11) is -2.10. The van der Waals surface area contributed by atoms with E-state index in [4.69, 9.17) is 4.74 Å². The second kappa shape index (κ2) is 8.17. The zero-order valence-electron chi connectivity index (χ0n) is 15.9. The van der Waals surface area contributed by atoms with E-state index < -0.39 is 10.0 Å². The molecule has 0 radical (unpaired) electrons. The van der Waals surface area contributed by atoms with Crippen LogP contribution in [-0.4, -0.2) is 38.2 Å². The lowest BCUT2D eigenvalue weighted by atomic mass is 10.2. The predicted octanol–water partition coefficient (Wildman–Crippen LogP) is 3.47. The number of rotatable bonds is 7. The Morgan fingerprint density at radius 2 is 1.97 bits per heavy atom. The van der Waals surface area contributed by atoms with Crippen LogP contribution in [0.2, 0.25) is 0 Å². The van der Waals surface area contributed by atoms with E-state index in [2.05, 4.69) is 15.5 Å². The Kier molecular flexibility index (Phi) is 5.42. The average Bonchev–Trinajstić information content (AvgIpc) is 3.45. The summed E-state index contributed by atoms with van der Waals surface area (Å²) >= 11 is 1.16. The number of benzene rings is 2. The molecule has 0 unspecified atom stereocenters. The van der Waals surface area contributed by atoms with Gasteiger partial charge in [0.05, 0.1) is 23.1 Å². The van der Waals surface area contributed by atoms with Crippen LogP contribution in [-0.2, 0) is 14.8 Å². The molecule has 30 heavy (non-hydrogen) atoms. The van der Waals surface area contributed by atoms with E-state index in [1.54, 1.807) is 54.0 Å². The second-order valence-electron chi connectivity index (χ2n) is 6.38. The molecule has 2 N–H and O–H groups in total. The highest BCUT2D eigenvalue weighted by molar-refractivity contribution is 7.94. The maximum atomic E-state index is 12.6. The molecule has 0 atom stereocenters. The number of carbonyl (C=O) groups excluding carboxylic acids is 1. The van der Waals surface area contributed by atoms with E-state index in [0.717, 1.165) is 22.2 Å². The number of para-hydroxylation sites is 1. The van der Waals surface area contributed by atoms with Crippen molar-refractivity contribution in [3.8, 4) is 5.75 Å². The number of nitrogens with one attached hydrogen (secondary N) is 2. The van der Waals surface area contributed by atoms with Gasteiger partial charge < -0.3 is 10.1 Å². The topological polar surface area (TPSA) is 104 Å². The first kappa shape index (κ1) is 19.9. The van der Waals surface area contributed by atoms with Gasteiger partial charge >= 0.3 is 0 Å². The van der Waals surface area contributed by atoms with Crippen LogP contribution in [0.5, 0.6) is 5.75 Å². The van der Waals surface area contributed by atoms with E-state index in [0.29, 0.717) is 17.1 Å². The Labute approximate surface area is 177 Å². The van der Waals surface area contributed by atoms with Crippen molar-refractivity contribution in [1.29, 1.82) is 0 Å². The normalized spacial score (nSPS) is 11.4. The fraction of sp³-hybridized carbons (Fsp3) is 0.100. The van der Waals surface area contributed by atoms with Gasteiger partial charge in [-0.3, -0.25) is 14.2 Å². The first-order valence-electron chi connectivity index (χ1n) is 8.92. The minimum Gasteiger partial charge on any atom is -0.484 e. The van der Waals surface area contributed by atoms with E-state index in [1.807, 2.05) is 12.1 Å². The molecule has 0 aliphatic carbocycles. The van der Waals surface area contributed by atoms with E-state index in [9.17, 15) is 13.2 Å². The molecule has 4 aromatic rings. The van der Waals surface area contributed by atoms with Crippen molar-refractivity contribution in [3.05, 3.63) is 66.2 Å². The summed E-state index contributed by atoms with van der Waals surface area (Å²) in [5, 5.41) is 12.2. The van der Waals surface area contributed by atoms with Gasteiger partial charge in [0.25, 0.3) is 15.9 Å². The van der Waals surface area contributed by atoms with Crippen molar-refractivity contribution in [1.82, 2.24) is 10.2 Å². The number of amides is 1. The maximum Gasteiger partial charge on any atom is 0.273 e. The molecule has 0 bridgehead atoms. The van der Waals surface area contributed by atoms with Crippen molar-refractivity contribution >= 4 is 49.5 Å². The van der Waals surface area contributed by atoms with Gasteiger partial charge in [0.1, 0.15) is 9.96 Å². The van der Waals surface area contributed by atoms with Gasteiger partial charge in [0.15, 0.2) is 6.61 Å². The molecular weight excluding hydrogens is 424 g/mol. The zero-order chi connectivity index (χ0) is 21.1. The molecule has 0 aliphatic heterocycles. The molecule has 2 aromatic carbocycles. The van der Waals surface area contributed by atoms with Crippen LogP contribution in [0.15, 0.2) is 70.4 Å². The highest BCUT2D eigenvalue weighted by atomic mass is 32.2. The third-order valence-corrected chi connectivity index (χ3v) is 7.59. The summed E-state index contributed by atoms with van der Waals surface area (Å²) in [6.45, 7) is -0.187. The minimum atomic E-state index is -3.60. The summed E-state index contributed by atoms with van der Waals surface area (Å²) < 4.78 is 32.2. The van der Waals surface area contributed by atoms with Crippen LogP contribution < -0.4 is 14.4 Å². The van der Waals surface area contributed by atoms with Crippen LogP contribution in [0, 0.1) is 0 Å². The Hall–Kier alpha value is -3.37. The molecule has 154 valence electrons. The summed E-state index contributed by atoms with van der Waals surface area (Å²) in [4.78, 5) is 12.2. The summed E-state index contributed by atoms with van der Waals surface area (Å²) in [5.74, 6) is 0.133. The number of aromatic nitrogens is 2. The Morgan fingerprint density at radius 1 is 1.17 bits per heavy atom. The van der Waals surface area contributed by atoms with Crippen LogP contribution in [0.4, 0.5) is 11.4 Å². The number of hydrogen-bond acceptors (Lipinski definition) is 6. The van der Waals surface area contributed by atoms with Gasteiger partial charge in [0, 0.05) is 12.4 Å². The maximum absolute atomic E-state index is 12.6. The van der Waals surface area contributed by atoms with Gasteiger partial charge in [-0.25, -0.2) is 8.42 Å². The molecule has 0 saturated heterocycles.